The lowest BCUT2D eigenvalue weighted by molar-refractivity contribution is 0.222. The molecule has 7 nitrogen and oxygen atoms in total. The predicted octanol–water partition coefficient (Wildman–Crippen LogP) is 2.72. The Kier molecular flexibility index (Phi) is 5.26. The van der Waals surface area contributed by atoms with Crippen molar-refractivity contribution in [2.24, 2.45) is 0 Å². The third-order valence-electron chi connectivity index (χ3n) is 2.64. The molecule has 0 aliphatic heterocycles. The molecule has 2 N–H and O–H groups in total. The van der Waals surface area contributed by atoms with E-state index in [4.69, 9.17) is 4.74 Å². The van der Waals surface area contributed by atoms with Gasteiger partial charge in [-0.1, -0.05) is 6.92 Å². The summed E-state index contributed by atoms with van der Waals surface area (Å²) in [4.78, 5) is 17.1. The summed E-state index contributed by atoms with van der Waals surface area (Å²) in [5.74, 6) is 0.948. The van der Waals surface area contributed by atoms with Gasteiger partial charge in [-0.15, -0.1) is 11.3 Å². The number of thiazole rings is 1. The Bertz CT molecular complexity index is 560. The van der Waals surface area contributed by atoms with Crippen LogP contribution in [0.2, 0.25) is 0 Å². The van der Waals surface area contributed by atoms with Crippen LogP contribution in [0.1, 0.15) is 38.2 Å². The molecule has 0 amide bonds. The van der Waals surface area contributed by atoms with Crippen LogP contribution in [-0.2, 0) is 0 Å². The van der Waals surface area contributed by atoms with Gasteiger partial charge in [0.05, 0.1) is 12.1 Å². The molecule has 0 bridgehead atoms. The predicted molar refractivity (Wildman–Crippen MR) is 83.9 cm³/mol. The van der Waals surface area contributed by atoms with Crippen LogP contribution in [-0.4, -0.2) is 33.1 Å². The zero-order chi connectivity index (χ0) is 15.2. The molecule has 2 aromatic heterocycles. The molecule has 0 radical (unpaired) electrons. The van der Waals surface area contributed by atoms with Crippen LogP contribution in [0.15, 0.2) is 11.6 Å². The van der Waals surface area contributed by atoms with E-state index in [0.717, 1.165) is 11.4 Å². The van der Waals surface area contributed by atoms with Gasteiger partial charge in [-0.05, 0) is 20.3 Å². The molecule has 0 aliphatic rings. The second-order valence-electron chi connectivity index (χ2n) is 4.66. The van der Waals surface area contributed by atoms with Crippen LogP contribution in [0.25, 0.3) is 0 Å². The van der Waals surface area contributed by atoms with Gasteiger partial charge in [0.2, 0.25) is 11.9 Å². The Morgan fingerprint density at radius 3 is 2.57 bits per heavy atom. The molecule has 1 atom stereocenters. The highest BCUT2D eigenvalue weighted by molar-refractivity contribution is 7.09. The molecule has 0 aromatic carbocycles. The van der Waals surface area contributed by atoms with Gasteiger partial charge in [0.15, 0.2) is 0 Å². The molecule has 0 saturated heterocycles. The number of hydrogen-bond donors (Lipinski definition) is 2. The number of rotatable bonds is 7. The first-order chi connectivity index (χ1) is 10.1. The molecular weight excluding hydrogens is 288 g/mol. The number of nitrogens with one attached hydrogen (secondary N) is 2. The Balaban J connectivity index is 2.21. The average molecular weight is 308 g/mol. The quantitative estimate of drug-likeness (QED) is 0.813. The maximum Gasteiger partial charge on any atom is 0.323 e. The van der Waals surface area contributed by atoms with E-state index in [-0.39, 0.29) is 12.1 Å². The molecule has 21 heavy (non-hydrogen) atoms. The lowest BCUT2D eigenvalue weighted by Gasteiger charge is -2.16. The summed E-state index contributed by atoms with van der Waals surface area (Å²) in [7, 11) is 1.76. The normalized spacial score (nSPS) is 12.2. The highest BCUT2D eigenvalue weighted by Gasteiger charge is 2.15. The SMILES string of the molecule is CCC(Nc1nc(NC)nc(OC(C)C)n1)c1nccs1. The third-order valence-corrected chi connectivity index (χ3v) is 3.53. The zero-order valence-corrected chi connectivity index (χ0v) is 13.4. The van der Waals surface area contributed by atoms with Crippen molar-refractivity contribution in [2.45, 2.75) is 39.3 Å². The molecule has 1 unspecified atom stereocenters. The summed E-state index contributed by atoms with van der Waals surface area (Å²) >= 11 is 1.61. The van der Waals surface area contributed by atoms with Crippen LogP contribution in [0.3, 0.4) is 0 Å². The minimum Gasteiger partial charge on any atom is -0.461 e. The topological polar surface area (TPSA) is 84.9 Å². The largest absolute Gasteiger partial charge is 0.461 e. The smallest absolute Gasteiger partial charge is 0.323 e. The molecular formula is C13H20N6OS. The van der Waals surface area contributed by atoms with E-state index in [1.807, 2.05) is 19.2 Å². The van der Waals surface area contributed by atoms with E-state index < -0.39 is 0 Å². The van der Waals surface area contributed by atoms with E-state index in [2.05, 4.69) is 37.5 Å². The minimum absolute atomic E-state index is 0.00545. The Morgan fingerprint density at radius 1 is 1.24 bits per heavy atom. The number of anilines is 2. The monoisotopic (exact) mass is 308 g/mol. The van der Waals surface area contributed by atoms with Crippen molar-refractivity contribution >= 4 is 23.2 Å². The van der Waals surface area contributed by atoms with Crippen molar-refractivity contribution in [3.05, 3.63) is 16.6 Å². The summed E-state index contributed by atoms with van der Waals surface area (Å²) < 4.78 is 5.55. The van der Waals surface area contributed by atoms with Crippen molar-refractivity contribution in [1.29, 1.82) is 0 Å². The van der Waals surface area contributed by atoms with Gasteiger partial charge in [-0.25, -0.2) is 4.98 Å². The van der Waals surface area contributed by atoms with Gasteiger partial charge in [0.1, 0.15) is 5.01 Å². The van der Waals surface area contributed by atoms with Gasteiger partial charge in [-0.2, -0.15) is 15.0 Å². The Hall–Kier alpha value is -1.96. The van der Waals surface area contributed by atoms with E-state index in [0.29, 0.717) is 17.9 Å². The van der Waals surface area contributed by atoms with Crippen LogP contribution >= 0.6 is 11.3 Å². The number of ether oxygens (including phenoxy) is 1. The third kappa shape index (κ3) is 4.25. The van der Waals surface area contributed by atoms with Crippen LogP contribution in [0.5, 0.6) is 6.01 Å². The summed E-state index contributed by atoms with van der Waals surface area (Å²) in [6, 6.07) is 0.379. The first-order valence-corrected chi connectivity index (χ1v) is 7.76. The molecule has 2 heterocycles. The van der Waals surface area contributed by atoms with Crippen LogP contribution in [0.4, 0.5) is 11.9 Å². The van der Waals surface area contributed by atoms with Crippen molar-refractivity contribution in [3.8, 4) is 6.01 Å². The fraction of sp³-hybridized carbons (Fsp3) is 0.538. The van der Waals surface area contributed by atoms with E-state index in [1.54, 1.807) is 24.6 Å². The van der Waals surface area contributed by atoms with Gasteiger partial charge in [0.25, 0.3) is 0 Å². The lowest BCUT2D eigenvalue weighted by Crippen LogP contribution is -2.15. The Morgan fingerprint density at radius 2 is 2.00 bits per heavy atom. The Labute approximate surface area is 128 Å². The van der Waals surface area contributed by atoms with Crippen molar-refractivity contribution in [2.75, 3.05) is 17.7 Å². The zero-order valence-electron chi connectivity index (χ0n) is 12.6. The number of aromatic nitrogens is 4. The molecule has 114 valence electrons. The van der Waals surface area contributed by atoms with Crippen LogP contribution < -0.4 is 15.4 Å². The number of hydrogen-bond acceptors (Lipinski definition) is 8. The minimum atomic E-state index is 0.00545. The van der Waals surface area contributed by atoms with E-state index in [1.165, 1.54) is 0 Å². The van der Waals surface area contributed by atoms with Gasteiger partial charge in [-0.3, -0.25) is 0 Å². The molecule has 0 saturated carbocycles. The summed E-state index contributed by atoms with van der Waals surface area (Å²) in [6.45, 7) is 5.95. The fourth-order valence-electron chi connectivity index (χ4n) is 1.70. The lowest BCUT2D eigenvalue weighted by atomic mass is 10.2. The van der Waals surface area contributed by atoms with Gasteiger partial charge in [0, 0.05) is 18.6 Å². The first-order valence-electron chi connectivity index (χ1n) is 6.88. The highest BCUT2D eigenvalue weighted by atomic mass is 32.1. The second kappa shape index (κ2) is 7.16. The molecule has 0 spiro atoms. The van der Waals surface area contributed by atoms with Gasteiger partial charge >= 0.3 is 6.01 Å². The average Bonchev–Trinajstić information content (AvgIpc) is 2.97. The maximum atomic E-state index is 5.55. The molecule has 0 fully saturated rings. The standard InChI is InChI=1S/C13H20N6OS/c1-5-9(10-15-6-7-21-10)16-12-17-11(14-4)18-13(19-12)20-8(2)3/h6-9H,5H2,1-4H3,(H2,14,16,17,18,19). The molecule has 2 rings (SSSR count). The maximum absolute atomic E-state index is 5.55. The fourth-order valence-corrected chi connectivity index (χ4v) is 2.47. The van der Waals surface area contributed by atoms with E-state index in [9.17, 15) is 0 Å². The summed E-state index contributed by atoms with van der Waals surface area (Å²) in [5.41, 5.74) is 0. The van der Waals surface area contributed by atoms with Crippen molar-refractivity contribution < 1.29 is 4.74 Å². The van der Waals surface area contributed by atoms with Crippen molar-refractivity contribution in [1.82, 2.24) is 19.9 Å². The molecule has 0 aliphatic carbocycles. The second-order valence-corrected chi connectivity index (χ2v) is 5.58. The van der Waals surface area contributed by atoms with Crippen molar-refractivity contribution in [3.63, 3.8) is 0 Å². The first kappa shape index (κ1) is 15.4. The van der Waals surface area contributed by atoms with Crippen LogP contribution in [0, 0.1) is 0 Å². The highest BCUT2D eigenvalue weighted by Crippen LogP contribution is 2.23. The molecule has 2 aromatic rings. The summed E-state index contributed by atoms with van der Waals surface area (Å²) in [5, 5.41) is 9.16. The summed E-state index contributed by atoms with van der Waals surface area (Å²) in [6.07, 6.45) is 2.68. The van der Waals surface area contributed by atoms with Gasteiger partial charge < -0.3 is 15.4 Å². The number of nitrogens with zero attached hydrogens (tertiary/aromatic N) is 4. The molecule has 8 heteroatoms. The van der Waals surface area contributed by atoms with E-state index >= 15 is 0 Å².